The highest BCUT2D eigenvalue weighted by atomic mass is 16.5. The number of hydrogen-bond donors (Lipinski definition) is 1. The van der Waals surface area contributed by atoms with Crippen LogP contribution in [0.15, 0.2) is 36.7 Å². The number of amides is 1. The highest BCUT2D eigenvalue weighted by molar-refractivity contribution is 5.80. The molecule has 0 unspecified atom stereocenters. The third kappa shape index (κ3) is 3.54. The van der Waals surface area contributed by atoms with Crippen molar-refractivity contribution >= 4 is 5.91 Å². The Morgan fingerprint density at radius 2 is 2.32 bits per heavy atom. The van der Waals surface area contributed by atoms with E-state index in [-0.39, 0.29) is 12.0 Å². The molecule has 1 aromatic heterocycles. The maximum Gasteiger partial charge on any atom is 0.249 e. The van der Waals surface area contributed by atoms with Crippen LogP contribution in [0.5, 0.6) is 0 Å². The highest BCUT2D eigenvalue weighted by Crippen LogP contribution is 2.13. The first-order valence-corrected chi connectivity index (χ1v) is 7.67. The molecular weight excluding hydrogens is 278 g/mol. The summed E-state index contributed by atoms with van der Waals surface area (Å²) in [7, 11) is 0. The Morgan fingerprint density at radius 1 is 1.45 bits per heavy atom. The summed E-state index contributed by atoms with van der Waals surface area (Å²) in [6.45, 7) is 4.01. The number of carbonyl (C=O) groups is 1. The Morgan fingerprint density at radius 3 is 3.05 bits per heavy atom. The molecule has 2 aromatic rings. The van der Waals surface area contributed by atoms with Crippen LogP contribution in [0, 0.1) is 6.92 Å². The van der Waals surface area contributed by atoms with Crippen molar-refractivity contribution in [2.75, 3.05) is 6.61 Å². The first-order valence-electron chi connectivity index (χ1n) is 7.67. The van der Waals surface area contributed by atoms with Gasteiger partial charge in [0.05, 0.1) is 0 Å². The van der Waals surface area contributed by atoms with Crippen LogP contribution < -0.4 is 5.32 Å². The number of hydrogen-bond acceptors (Lipinski definition) is 3. The van der Waals surface area contributed by atoms with Gasteiger partial charge < -0.3 is 14.6 Å². The van der Waals surface area contributed by atoms with E-state index < -0.39 is 0 Å². The Bertz CT molecular complexity index is 645. The second kappa shape index (κ2) is 6.75. The van der Waals surface area contributed by atoms with Gasteiger partial charge in [-0.3, -0.25) is 4.79 Å². The van der Waals surface area contributed by atoms with E-state index in [1.165, 1.54) is 5.56 Å². The number of nitrogens with zero attached hydrogens (tertiary/aromatic N) is 2. The van der Waals surface area contributed by atoms with Gasteiger partial charge >= 0.3 is 0 Å². The molecule has 1 N–H and O–H groups in total. The summed E-state index contributed by atoms with van der Waals surface area (Å²) in [5.41, 5.74) is 2.30. The lowest BCUT2D eigenvalue weighted by Gasteiger charge is -2.11. The molecule has 1 aliphatic rings. The first-order chi connectivity index (χ1) is 10.7. The lowest BCUT2D eigenvalue weighted by molar-refractivity contribution is -0.130. The van der Waals surface area contributed by atoms with E-state index in [4.69, 9.17) is 4.74 Å². The van der Waals surface area contributed by atoms with Crippen molar-refractivity contribution < 1.29 is 9.53 Å². The van der Waals surface area contributed by atoms with E-state index in [1.807, 2.05) is 25.3 Å². The molecule has 2 heterocycles. The fraction of sp³-hybridized carbons (Fsp3) is 0.412. The minimum Gasteiger partial charge on any atom is -0.368 e. The molecule has 1 fully saturated rings. The van der Waals surface area contributed by atoms with Crippen molar-refractivity contribution in [3.8, 4) is 0 Å². The van der Waals surface area contributed by atoms with Crippen LogP contribution in [0.2, 0.25) is 0 Å². The van der Waals surface area contributed by atoms with Crippen molar-refractivity contribution in [3.05, 3.63) is 53.6 Å². The van der Waals surface area contributed by atoms with Gasteiger partial charge in [0.15, 0.2) is 0 Å². The van der Waals surface area contributed by atoms with Crippen molar-refractivity contribution in [1.29, 1.82) is 0 Å². The van der Waals surface area contributed by atoms with Crippen LogP contribution in [0.25, 0.3) is 0 Å². The molecule has 1 aliphatic heterocycles. The van der Waals surface area contributed by atoms with Gasteiger partial charge in [-0.15, -0.1) is 0 Å². The first kappa shape index (κ1) is 14.8. The Kier molecular flexibility index (Phi) is 4.53. The van der Waals surface area contributed by atoms with Crippen LogP contribution in [0.1, 0.15) is 29.8 Å². The van der Waals surface area contributed by atoms with Gasteiger partial charge in [-0.25, -0.2) is 4.98 Å². The molecule has 0 radical (unpaired) electrons. The zero-order valence-corrected chi connectivity index (χ0v) is 12.8. The smallest absolute Gasteiger partial charge is 0.249 e. The summed E-state index contributed by atoms with van der Waals surface area (Å²) in [5, 5.41) is 2.96. The summed E-state index contributed by atoms with van der Waals surface area (Å²) >= 11 is 0. The number of carbonyl (C=O) groups excluding carboxylic acids is 1. The third-order valence-electron chi connectivity index (χ3n) is 3.96. The summed E-state index contributed by atoms with van der Waals surface area (Å²) < 4.78 is 7.49. The van der Waals surface area contributed by atoms with Crippen molar-refractivity contribution in [1.82, 2.24) is 14.9 Å². The average molecular weight is 299 g/mol. The van der Waals surface area contributed by atoms with Crippen LogP contribution in [0.4, 0.5) is 0 Å². The van der Waals surface area contributed by atoms with Crippen LogP contribution in [-0.4, -0.2) is 28.2 Å². The van der Waals surface area contributed by atoms with Gasteiger partial charge in [0, 0.05) is 32.1 Å². The van der Waals surface area contributed by atoms with Gasteiger partial charge in [-0.05, 0) is 30.9 Å². The van der Waals surface area contributed by atoms with E-state index in [9.17, 15) is 4.79 Å². The van der Waals surface area contributed by atoms with E-state index in [1.54, 1.807) is 6.20 Å². The fourth-order valence-corrected chi connectivity index (χ4v) is 2.69. The molecule has 5 nitrogen and oxygen atoms in total. The Balaban J connectivity index is 1.59. The van der Waals surface area contributed by atoms with Crippen LogP contribution in [-0.2, 0) is 22.6 Å². The van der Waals surface area contributed by atoms with Crippen molar-refractivity contribution in [3.63, 3.8) is 0 Å². The predicted octanol–water partition coefficient (Wildman–Crippen LogP) is 2.04. The molecule has 0 saturated carbocycles. The molecule has 3 rings (SSSR count). The van der Waals surface area contributed by atoms with E-state index in [0.29, 0.717) is 13.2 Å². The molecule has 1 saturated heterocycles. The molecule has 1 amide bonds. The quantitative estimate of drug-likeness (QED) is 0.919. The second-order valence-corrected chi connectivity index (χ2v) is 5.64. The summed E-state index contributed by atoms with van der Waals surface area (Å²) in [6, 6.07) is 8.26. The number of ether oxygens (including phenoxy) is 1. The van der Waals surface area contributed by atoms with Crippen LogP contribution in [0.3, 0.4) is 0 Å². The standard InChI is InChI=1S/C17H21N3O2/c1-13-18-7-8-20(13)12-15-5-2-4-14(10-15)11-19-17(21)16-6-3-9-22-16/h2,4-5,7-8,10,16H,3,6,9,11-12H2,1H3,(H,19,21)/t16-/m1/s1. The molecule has 1 atom stereocenters. The summed E-state index contributed by atoms with van der Waals surface area (Å²) in [5.74, 6) is 0.991. The lowest BCUT2D eigenvalue weighted by atomic mass is 10.1. The summed E-state index contributed by atoms with van der Waals surface area (Å²) in [4.78, 5) is 16.2. The van der Waals surface area contributed by atoms with Gasteiger partial charge in [0.2, 0.25) is 5.91 Å². The second-order valence-electron chi connectivity index (χ2n) is 5.64. The molecule has 5 heteroatoms. The number of rotatable bonds is 5. The lowest BCUT2D eigenvalue weighted by Crippen LogP contribution is -2.33. The van der Waals surface area contributed by atoms with Crippen LogP contribution >= 0.6 is 0 Å². The number of nitrogens with one attached hydrogen (secondary N) is 1. The predicted molar refractivity (Wildman–Crippen MR) is 83.3 cm³/mol. The molecule has 0 aliphatic carbocycles. The number of aryl methyl sites for hydroxylation is 1. The minimum atomic E-state index is -0.267. The fourth-order valence-electron chi connectivity index (χ4n) is 2.69. The van der Waals surface area contributed by atoms with Gasteiger partial charge in [0.1, 0.15) is 11.9 Å². The zero-order valence-electron chi connectivity index (χ0n) is 12.8. The third-order valence-corrected chi connectivity index (χ3v) is 3.96. The zero-order chi connectivity index (χ0) is 15.4. The maximum absolute atomic E-state index is 12.0. The Labute approximate surface area is 130 Å². The topological polar surface area (TPSA) is 56.2 Å². The Hall–Kier alpha value is -2.14. The largest absolute Gasteiger partial charge is 0.368 e. The SMILES string of the molecule is Cc1nccn1Cc1cccc(CNC(=O)[C@H]2CCCO2)c1. The van der Waals surface area contributed by atoms with Gasteiger partial charge in [0.25, 0.3) is 0 Å². The van der Waals surface area contributed by atoms with Crippen molar-refractivity contribution in [2.24, 2.45) is 0 Å². The maximum atomic E-state index is 12.0. The van der Waals surface area contributed by atoms with Gasteiger partial charge in [-0.1, -0.05) is 24.3 Å². The summed E-state index contributed by atoms with van der Waals surface area (Å²) in [6.07, 6.45) is 5.31. The normalized spacial score (nSPS) is 17.6. The van der Waals surface area contributed by atoms with E-state index in [2.05, 4.69) is 27.0 Å². The monoisotopic (exact) mass is 299 g/mol. The number of imidazole rings is 1. The van der Waals surface area contributed by atoms with Gasteiger partial charge in [-0.2, -0.15) is 0 Å². The molecular formula is C17H21N3O2. The molecule has 1 aromatic carbocycles. The van der Waals surface area contributed by atoms with Crippen molar-refractivity contribution in [2.45, 2.75) is 39.0 Å². The van der Waals surface area contributed by atoms with E-state index in [0.717, 1.165) is 30.8 Å². The highest BCUT2D eigenvalue weighted by Gasteiger charge is 2.22. The molecule has 116 valence electrons. The minimum absolute atomic E-state index is 0.00615. The number of aromatic nitrogens is 2. The molecule has 0 spiro atoms. The molecule has 22 heavy (non-hydrogen) atoms. The van der Waals surface area contributed by atoms with E-state index >= 15 is 0 Å². The number of benzene rings is 1. The average Bonchev–Trinajstić information content (AvgIpc) is 3.18. The molecule has 0 bridgehead atoms.